The van der Waals surface area contributed by atoms with Gasteiger partial charge < -0.3 is 9.47 Å². The van der Waals surface area contributed by atoms with Crippen molar-refractivity contribution in [2.45, 2.75) is 19.9 Å². The third-order valence-corrected chi connectivity index (χ3v) is 3.87. The first kappa shape index (κ1) is 16.4. The highest BCUT2D eigenvalue weighted by Gasteiger charge is 2.50. The molecule has 0 aromatic carbocycles. The number of nitrogens with zero attached hydrogens (tertiary/aromatic N) is 2. The van der Waals surface area contributed by atoms with E-state index in [4.69, 9.17) is 9.47 Å². The number of pyridine rings is 1. The summed E-state index contributed by atoms with van der Waals surface area (Å²) in [5.74, 6) is -1.86. The van der Waals surface area contributed by atoms with Crippen LogP contribution in [-0.2, 0) is 19.1 Å². The molecule has 0 saturated carbocycles. The number of rotatable bonds is 5. The Morgan fingerprint density at radius 2 is 1.91 bits per heavy atom. The fourth-order valence-corrected chi connectivity index (χ4v) is 2.99. The molecule has 2 rings (SSSR count). The molecule has 1 aliphatic rings. The summed E-state index contributed by atoms with van der Waals surface area (Å²) >= 11 is 0. The fourth-order valence-electron chi connectivity index (χ4n) is 2.99. The Morgan fingerprint density at radius 3 is 2.50 bits per heavy atom. The second-order valence-corrected chi connectivity index (χ2v) is 5.28. The molecule has 120 valence electrons. The summed E-state index contributed by atoms with van der Waals surface area (Å²) in [5, 5.41) is 0. The average molecular weight is 306 g/mol. The van der Waals surface area contributed by atoms with Gasteiger partial charge in [-0.1, -0.05) is 6.07 Å². The molecule has 6 nitrogen and oxygen atoms in total. The summed E-state index contributed by atoms with van der Waals surface area (Å²) < 4.78 is 10.3. The van der Waals surface area contributed by atoms with Crippen molar-refractivity contribution in [3.63, 3.8) is 0 Å². The minimum absolute atomic E-state index is 0.281. The number of aromatic nitrogens is 1. The zero-order chi connectivity index (χ0) is 16.1. The minimum atomic E-state index is -0.598. The average Bonchev–Trinajstić information content (AvgIpc) is 2.86. The zero-order valence-corrected chi connectivity index (χ0v) is 13.2. The Balaban J connectivity index is 2.34. The predicted octanol–water partition coefficient (Wildman–Crippen LogP) is 1.43. The zero-order valence-electron chi connectivity index (χ0n) is 13.2. The van der Waals surface area contributed by atoms with Crippen molar-refractivity contribution >= 4 is 11.9 Å². The molecular formula is C16H22N2O4. The molecule has 1 saturated heterocycles. The summed E-state index contributed by atoms with van der Waals surface area (Å²) in [6, 6.07) is 5.27. The maximum Gasteiger partial charge on any atom is 0.311 e. The first-order valence-electron chi connectivity index (χ1n) is 7.54. The standard InChI is InChI=1S/C16H22N2O4/c1-4-21-15(19)11-10-18(3)14(12-8-6-7-9-17-12)13(11)16(20)22-5-2/h6-9,11,13-14H,4-5,10H2,1-3H3/t11-,13+,14-/m0/s1. The van der Waals surface area contributed by atoms with Crippen molar-refractivity contribution in [3.05, 3.63) is 30.1 Å². The molecule has 1 aliphatic heterocycles. The van der Waals surface area contributed by atoms with E-state index in [1.165, 1.54) is 0 Å². The Kier molecular flexibility index (Phi) is 5.49. The van der Waals surface area contributed by atoms with Crippen molar-refractivity contribution in [3.8, 4) is 0 Å². The highest BCUT2D eigenvalue weighted by molar-refractivity contribution is 5.84. The summed E-state index contributed by atoms with van der Waals surface area (Å²) in [5.41, 5.74) is 0.759. The van der Waals surface area contributed by atoms with Crippen LogP contribution in [0.1, 0.15) is 25.6 Å². The Morgan fingerprint density at radius 1 is 1.23 bits per heavy atom. The smallest absolute Gasteiger partial charge is 0.311 e. The van der Waals surface area contributed by atoms with E-state index in [1.54, 1.807) is 20.0 Å². The van der Waals surface area contributed by atoms with Gasteiger partial charge in [-0.2, -0.15) is 0 Å². The molecule has 1 fully saturated rings. The van der Waals surface area contributed by atoms with E-state index < -0.39 is 11.8 Å². The van der Waals surface area contributed by atoms with Crippen LogP contribution in [0.4, 0.5) is 0 Å². The number of hydrogen-bond acceptors (Lipinski definition) is 6. The van der Waals surface area contributed by atoms with E-state index in [9.17, 15) is 9.59 Å². The lowest BCUT2D eigenvalue weighted by Crippen LogP contribution is -2.33. The highest BCUT2D eigenvalue weighted by Crippen LogP contribution is 2.40. The van der Waals surface area contributed by atoms with Gasteiger partial charge in [-0.15, -0.1) is 0 Å². The number of likely N-dealkylation sites (tertiary alicyclic amines) is 1. The van der Waals surface area contributed by atoms with Gasteiger partial charge in [-0.3, -0.25) is 19.5 Å². The van der Waals surface area contributed by atoms with Gasteiger partial charge in [0.25, 0.3) is 0 Å². The predicted molar refractivity (Wildman–Crippen MR) is 79.9 cm³/mol. The Labute approximate surface area is 130 Å². The third-order valence-electron chi connectivity index (χ3n) is 3.87. The van der Waals surface area contributed by atoms with Crippen LogP contribution in [0.25, 0.3) is 0 Å². The number of hydrogen-bond donors (Lipinski definition) is 0. The van der Waals surface area contributed by atoms with Gasteiger partial charge in [-0.05, 0) is 33.0 Å². The molecule has 22 heavy (non-hydrogen) atoms. The lowest BCUT2D eigenvalue weighted by Gasteiger charge is -2.24. The molecule has 3 atom stereocenters. The second kappa shape index (κ2) is 7.35. The quantitative estimate of drug-likeness (QED) is 0.767. The van der Waals surface area contributed by atoms with E-state index >= 15 is 0 Å². The van der Waals surface area contributed by atoms with Crippen molar-refractivity contribution in [2.24, 2.45) is 11.8 Å². The van der Waals surface area contributed by atoms with Gasteiger partial charge >= 0.3 is 11.9 Å². The molecule has 0 radical (unpaired) electrons. The molecule has 0 spiro atoms. The summed E-state index contributed by atoms with van der Waals surface area (Å²) in [6.07, 6.45) is 1.68. The van der Waals surface area contributed by atoms with Gasteiger partial charge in [0.05, 0.1) is 36.8 Å². The van der Waals surface area contributed by atoms with Crippen LogP contribution in [0.15, 0.2) is 24.4 Å². The maximum absolute atomic E-state index is 12.4. The first-order valence-corrected chi connectivity index (χ1v) is 7.54. The summed E-state index contributed by atoms with van der Waals surface area (Å²) in [6.45, 7) is 4.54. The molecule has 6 heteroatoms. The van der Waals surface area contributed by atoms with Crippen LogP contribution < -0.4 is 0 Å². The van der Waals surface area contributed by atoms with Gasteiger partial charge in [0.2, 0.25) is 0 Å². The lowest BCUT2D eigenvalue weighted by atomic mass is 9.88. The van der Waals surface area contributed by atoms with Crippen LogP contribution in [0.3, 0.4) is 0 Å². The van der Waals surface area contributed by atoms with Gasteiger partial charge in [0.15, 0.2) is 0 Å². The first-order chi connectivity index (χ1) is 10.6. The van der Waals surface area contributed by atoms with Crippen LogP contribution in [0, 0.1) is 11.8 Å². The van der Waals surface area contributed by atoms with Gasteiger partial charge in [0, 0.05) is 12.7 Å². The molecule has 0 aliphatic carbocycles. The summed E-state index contributed by atoms with van der Waals surface area (Å²) in [4.78, 5) is 30.9. The number of ether oxygens (including phenoxy) is 2. The monoisotopic (exact) mass is 306 g/mol. The molecule has 0 amide bonds. The van der Waals surface area contributed by atoms with Crippen LogP contribution in [0.5, 0.6) is 0 Å². The molecule has 0 N–H and O–H groups in total. The molecule has 0 bridgehead atoms. The van der Waals surface area contributed by atoms with Crippen molar-refractivity contribution < 1.29 is 19.1 Å². The molecule has 1 aromatic heterocycles. The molecular weight excluding hydrogens is 284 g/mol. The summed E-state index contributed by atoms with van der Waals surface area (Å²) in [7, 11) is 1.88. The Hall–Kier alpha value is -1.95. The van der Waals surface area contributed by atoms with Crippen molar-refractivity contribution in [1.82, 2.24) is 9.88 Å². The molecule has 0 unspecified atom stereocenters. The Bertz CT molecular complexity index is 520. The van der Waals surface area contributed by atoms with Crippen molar-refractivity contribution in [2.75, 3.05) is 26.8 Å². The largest absolute Gasteiger partial charge is 0.466 e. The second-order valence-electron chi connectivity index (χ2n) is 5.28. The normalized spacial score (nSPS) is 25.0. The molecule has 1 aromatic rings. The minimum Gasteiger partial charge on any atom is -0.466 e. The number of carbonyl (C=O) groups is 2. The van der Waals surface area contributed by atoms with E-state index in [2.05, 4.69) is 4.98 Å². The van der Waals surface area contributed by atoms with Gasteiger partial charge in [-0.25, -0.2) is 0 Å². The van der Waals surface area contributed by atoms with Crippen LogP contribution in [0.2, 0.25) is 0 Å². The highest BCUT2D eigenvalue weighted by atomic mass is 16.5. The van der Waals surface area contributed by atoms with Crippen LogP contribution >= 0.6 is 0 Å². The maximum atomic E-state index is 12.4. The third kappa shape index (κ3) is 3.27. The lowest BCUT2D eigenvalue weighted by molar-refractivity contribution is -0.159. The number of carbonyl (C=O) groups excluding carboxylic acids is 2. The van der Waals surface area contributed by atoms with Crippen LogP contribution in [-0.4, -0.2) is 48.6 Å². The van der Waals surface area contributed by atoms with E-state index in [-0.39, 0.29) is 24.6 Å². The van der Waals surface area contributed by atoms with E-state index in [0.29, 0.717) is 13.2 Å². The van der Waals surface area contributed by atoms with E-state index in [0.717, 1.165) is 5.69 Å². The van der Waals surface area contributed by atoms with E-state index in [1.807, 2.05) is 30.1 Å². The SMILES string of the molecule is CCOC(=O)[C@@H]1[C@@H](C(=O)OCC)CN(C)[C@H]1c1ccccn1. The number of esters is 2. The topological polar surface area (TPSA) is 68.7 Å². The fraction of sp³-hybridized carbons (Fsp3) is 0.562. The van der Waals surface area contributed by atoms with Gasteiger partial charge in [0.1, 0.15) is 0 Å². The van der Waals surface area contributed by atoms with Crippen molar-refractivity contribution in [1.29, 1.82) is 0 Å². The molecule has 2 heterocycles.